The topological polar surface area (TPSA) is 133 Å². The summed E-state index contributed by atoms with van der Waals surface area (Å²) in [6.45, 7) is 0.270. The molecule has 1 aliphatic carbocycles. The number of ether oxygens (including phenoxy) is 5. The van der Waals surface area contributed by atoms with Crippen molar-refractivity contribution in [2.24, 2.45) is 11.8 Å². The highest BCUT2D eigenvalue weighted by Crippen LogP contribution is 2.56. The summed E-state index contributed by atoms with van der Waals surface area (Å²) in [4.78, 5) is 25.1. The standard InChI is InChI=1S/C28H25NO9/c1-34-22-8-14(7-19(30)26(22)31)23-16-9-20-21(38-12-37-20)10-17(16)25(18-11-36-28(33)24(18)23)29-15-5-3-13(4-6-15)27(32)35-2/h3-10,18,23-25,29-31H,11-12H2,1-2H3/t18-,23+,24-,25-/m0/s1. The van der Waals surface area contributed by atoms with Crippen molar-refractivity contribution in [3.63, 3.8) is 0 Å². The van der Waals surface area contributed by atoms with Crippen molar-refractivity contribution in [2.75, 3.05) is 32.9 Å². The SMILES string of the molecule is COC(=O)c1ccc(N[C@H]2c3cc4c(cc3[C@@H](c3cc(O)c(O)c(OC)c3)[C@H]3C(=O)OC[C@@H]32)OCO4)cc1. The van der Waals surface area contributed by atoms with Gasteiger partial charge in [0.25, 0.3) is 0 Å². The van der Waals surface area contributed by atoms with E-state index in [1.807, 2.05) is 12.1 Å². The van der Waals surface area contributed by atoms with Crippen LogP contribution in [0.15, 0.2) is 48.5 Å². The Morgan fingerprint density at radius 3 is 2.37 bits per heavy atom. The number of hydrogen-bond acceptors (Lipinski definition) is 10. The van der Waals surface area contributed by atoms with E-state index in [1.165, 1.54) is 20.3 Å². The maximum absolute atomic E-state index is 13.2. The van der Waals surface area contributed by atoms with E-state index in [2.05, 4.69) is 5.32 Å². The van der Waals surface area contributed by atoms with Crippen LogP contribution < -0.4 is 19.5 Å². The fourth-order valence-corrected chi connectivity index (χ4v) is 5.70. The third-order valence-corrected chi connectivity index (χ3v) is 7.47. The van der Waals surface area contributed by atoms with Crippen LogP contribution in [0.1, 0.15) is 39.0 Å². The highest BCUT2D eigenvalue weighted by Gasteiger charge is 2.52. The second-order valence-electron chi connectivity index (χ2n) is 9.41. The zero-order valence-corrected chi connectivity index (χ0v) is 20.6. The van der Waals surface area contributed by atoms with Gasteiger partial charge in [-0.1, -0.05) is 0 Å². The van der Waals surface area contributed by atoms with Crippen molar-refractivity contribution in [3.8, 4) is 28.7 Å². The van der Waals surface area contributed by atoms with Crippen LogP contribution in [0.4, 0.5) is 5.69 Å². The Labute approximate surface area is 217 Å². The molecule has 0 saturated carbocycles. The first-order valence-electron chi connectivity index (χ1n) is 12.0. The van der Waals surface area contributed by atoms with Gasteiger partial charge in [0, 0.05) is 17.5 Å². The number of methoxy groups -OCH3 is 2. The van der Waals surface area contributed by atoms with Gasteiger partial charge in [0.1, 0.15) is 0 Å². The van der Waals surface area contributed by atoms with Gasteiger partial charge >= 0.3 is 11.9 Å². The second-order valence-corrected chi connectivity index (χ2v) is 9.41. The highest BCUT2D eigenvalue weighted by molar-refractivity contribution is 5.89. The van der Waals surface area contributed by atoms with Gasteiger partial charge in [-0.3, -0.25) is 4.79 Å². The summed E-state index contributed by atoms with van der Waals surface area (Å²) in [6.07, 6.45) is 0. The van der Waals surface area contributed by atoms with E-state index in [4.69, 9.17) is 23.7 Å². The van der Waals surface area contributed by atoms with Crippen molar-refractivity contribution in [1.82, 2.24) is 0 Å². The summed E-state index contributed by atoms with van der Waals surface area (Å²) < 4.78 is 27.0. The molecular formula is C28H25NO9. The van der Waals surface area contributed by atoms with Gasteiger partial charge in [-0.05, 0) is 65.2 Å². The molecule has 10 heteroatoms. The maximum Gasteiger partial charge on any atom is 0.337 e. The molecule has 3 aromatic carbocycles. The van der Waals surface area contributed by atoms with Crippen LogP contribution in [-0.4, -0.2) is 49.8 Å². The summed E-state index contributed by atoms with van der Waals surface area (Å²) in [6, 6.07) is 13.4. The lowest BCUT2D eigenvalue weighted by molar-refractivity contribution is -0.141. The Balaban J connectivity index is 1.49. The average molecular weight is 520 g/mol. The number of rotatable bonds is 5. The van der Waals surface area contributed by atoms with Crippen LogP contribution in [0.25, 0.3) is 0 Å². The summed E-state index contributed by atoms with van der Waals surface area (Å²) in [5.41, 5.74) is 3.43. The molecule has 0 spiro atoms. The van der Waals surface area contributed by atoms with Crippen LogP contribution >= 0.6 is 0 Å². The fraction of sp³-hybridized carbons (Fsp3) is 0.286. The molecule has 0 aromatic heterocycles. The molecule has 3 aliphatic rings. The van der Waals surface area contributed by atoms with Gasteiger partial charge in [0.2, 0.25) is 12.5 Å². The summed E-state index contributed by atoms with van der Waals surface area (Å²) in [5.74, 6) is -1.67. The zero-order chi connectivity index (χ0) is 26.6. The van der Waals surface area contributed by atoms with E-state index in [0.717, 1.165) is 16.8 Å². The Kier molecular flexibility index (Phi) is 5.67. The first-order valence-corrected chi connectivity index (χ1v) is 12.0. The lowest BCUT2D eigenvalue weighted by Crippen LogP contribution is -2.37. The van der Waals surface area contributed by atoms with Crippen LogP contribution in [-0.2, 0) is 14.3 Å². The number of fused-ring (bicyclic) bond motifs is 3. The first kappa shape index (κ1) is 23.8. The van der Waals surface area contributed by atoms with E-state index in [-0.39, 0.29) is 48.6 Å². The number of nitrogens with one attached hydrogen (secondary N) is 1. The van der Waals surface area contributed by atoms with Gasteiger partial charge < -0.3 is 39.2 Å². The number of hydrogen-bond donors (Lipinski definition) is 3. The van der Waals surface area contributed by atoms with E-state index >= 15 is 0 Å². The Morgan fingerprint density at radius 1 is 0.974 bits per heavy atom. The zero-order valence-electron chi connectivity index (χ0n) is 20.6. The number of phenolic OH excluding ortho intramolecular Hbond substituents is 2. The largest absolute Gasteiger partial charge is 0.504 e. The van der Waals surface area contributed by atoms with Gasteiger partial charge in [-0.25, -0.2) is 4.79 Å². The van der Waals surface area contributed by atoms with Crippen LogP contribution in [0.3, 0.4) is 0 Å². The van der Waals surface area contributed by atoms with Crippen LogP contribution in [0, 0.1) is 11.8 Å². The predicted molar refractivity (Wildman–Crippen MR) is 133 cm³/mol. The second kappa shape index (κ2) is 9.05. The normalized spacial score (nSPS) is 22.7. The number of benzene rings is 3. The molecular weight excluding hydrogens is 494 g/mol. The molecule has 10 nitrogen and oxygen atoms in total. The summed E-state index contributed by atoms with van der Waals surface area (Å²) in [5, 5.41) is 24.2. The molecule has 3 N–H and O–H groups in total. The van der Waals surface area contributed by atoms with Crippen LogP contribution in [0.5, 0.6) is 28.7 Å². The summed E-state index contributed by atoms with van der Waals surface area (Å²) >= 11 is 0. The predicted octanol–water partition coefficient (Wildman–Crippen LogP) is 3.71. The van der Waals surface area contributed by atoms with Crippen LogP contribution in [0.2, 0.25) is 0 Å². The van der Waals surface area contributed by atoms with Gasteiger partial charge in [-0.15, -0.1) is 0 Å². The third kappa shape index (κ3) is 3.71. The molecule has 4 atom stereocenters. The van der Waals surface area contributed by atoms with Crippen molar-refractivity contribution >= 4 is 17.6 Å². The number of anilines is 1. The molecule has 2 heterocycles. The minimum atomic E-state index is -0.594. The monoisotopic (exact) mass is 519 g/mol. The quantitative estimate of drug-likeness (QED) is 0.338. The minimum absolute atomic E-state index is 0.0820. The fourth-order valence-electron chi connectivity index (χ4n) is 5.70. The molecule has 2 aliphatic heterocycles. The number of cyclic esters (lactones) is 1. The van der Waals surface area contributed by atoms with Crippen molar-refractivity contribution < 1.29 is 43.5 Å². The van der Waals surface area contributed by atoms with Crippen molar-refractivity contribution in [1.29, 1.82) is 0 Å². The first-order chi connectivity index (χ1) is 18.4. The number of carbonyl (C=O) groups is 2. The summed E-state index contributed by atoms with van der Waals surface area (Å²) in [7, 11) is 2.72. The Morgan fingerprint density at radius 2 is 1.68 bits per heavy atom. The smallest absolute Gasteiger partial charge is 0.337 e. The number of carbonyl (C=O) groups excluding carboxylic acids is 2. The molecule has 0 radical (unpaired) electrons. The van der Waals surface area contributed by atoms with Gasteiger partial charge in [0.15, 0.2) is 23.0 Å². The molecule has 0 unspecified atom stereocenters. The van der Waals surface area contributed by atoms with Crippen molar-refractivity contribution in [2.45, 2.75) is 12.0 Å². The van der Waals surface area contributed by atoms with E-state index < -0.39 is 17.8 Å². The molecule has 0 amide bonds. The van der Waals surface area contributed by atoms with E-state index in [0.29, 0.717) is 22.6 Å². The number of phenols is 2. The minimum Gasteiger partial charge on any atom is -0.504 e. The molecule has 6 rings (SSSR count). The maximum atomic E-state index is 13.2. The number of esters is 2. The molecule has 1 saturated heterocycles. The van der Waals surface area contributed by atoms with Gasteiger partial charge in [0.05, 0.1) is 38.3 Å². The Bertz CT molecular complexity index is 1440. The Hall–Kier alpha value is -4.60. The molecule has 3 aromatic rings. The average Bonchev–Trinajstić information content (AvgIpc) is 3.55. The molecule has 1 fully saturated rings. The van der Waals surface area contributed by atoms with Crippen molar-refractivity contribution in [3.05, 3.63) is 70.8 Å². The lowest BCUT2D eigenvalue weighted by atomic mass is 9.65. The number of aromatic hydroxyl groups is 2. The highest BCUT2D eigenvalue weighted by atomic mass is 16.7. The third-order valence-electron chi connectivity index (χ3n) is 7.47. The molecule has 0 bridgehead atoms. The van der Waals surface area contributed by atoms with E-state index in [9.17, 15) is 19.8 Å². The molecule has 38 heavy (non-hydrogen) atoms. The van der Waals surface area contributed by atoms with E-state index in [1.54, 1.807) is 30.3 Å². The lowest BCUT2D eigenvalue weighted by Gasteiger charge is -2.40. The van der Waals surface area contributed by atoms with Gasteiger partial charge in [-0.2, -0.15) is 0 Å². The molecule has 196 valence electrons.